The minimum absolute atomic E-state index is 0.116. The molecule has 2 rings (SSSR count). The van der Waals surface area contributed by atoms with Crippen molar-refractivity contribution in [3.05, 3.63) is 34.9 Å². The normalized spacial score (nSPS) is 26.4. The van der Waals surface area contributed by atoms with E-state index < -0.39 is 0 Å². The second-order valence-electron chi connectivity index (χ2n) is 5.63. The summed E-state index contributed by atoms with van der Waals surface area (Å²) in [5.74, 6) is 0.826. The largest absolute Gasteiger partial charge is 0.324 e. The summed E-state index contributed by atoms with van der Waals surface area (Å²) in [7, 11) is 0. The van der Waals surface area contributed by atoms with Crippen LogP contribution >= 0.6 is 11.6 Å². The van der Waals surface area contributed by atoms with Gasteiger partial charge in [-0.1, -0.05) is 30.7 Å². The zero-order valence-corrected chi connectivity index (χ0v) is 12.0. The first kappa shape index (κ1) is 13.9. The van der Waals surface area contributed by atoms with Crippen LogP contribution in [0.1, 0.15) is 38.3 Å². The van der Waals surface area contributed by atoms with Crippen LogP contribution in [-0.4, -0.2) is 24.0 Å². The molecule has 1 aromatic rings. The number of nitrogens with zero attached hydrogens (tertiary/aromatic N) is 1. The molecule has 2 N–H and O–H groups in total. The molecule has 100 valence electrons. The maximum Gasteiger partial charge on any atom is 0.0406 e. The van der Waals surface area contributed by atoms with Crippen molar-refractivity contribution in [2.45, 2.75) is 38.8 Å². The molecule has 1 fully saturated rings. The average Bonchev–Trinajstić information content (AvgIpc) is 2.66. The lowest BCUT2D eigenvalue weighted by Crippen LogP contribution is -2.30. The Morgan fingerprint density at radius 1 is 1.33 bits per heavy atom. The minimum Gasteiger partial charge on any atom is -0.324 e. The summed E-state index contributed by atoms with van der Waals surface area (Å²) in [4.78, 5) is 2.56. The summed E-state index contributed by atoms with van der Waals surface area (Å²) in [6.07, 6.45) is 2.33. The van der Waals surface area contributed by atoms with E-state index in [9.17, 15) is 0 Å². The molecule has 0 radical (unpaired) electrons. The quantitative estimate of drug-likeness (QED) is 0.904. The minimum atomic E-state index is 0.116. The molecule has 1 saturated heterocycles. The highest BCUT2D eigenvalue weighted by molar-refractivity contribution is 6.30. The molecule has 2 nitrogen and oxygen atoms in total. The summed E-state index contributed by atoms with van der Waals surface area (Å²) < 4.78 is 0. The fraction of sp³-hybridized carbons (Fsp3) is 0.600. The van der Waals surface area contributed by atoms with E-state index in [1.54, 1.807) is 0 Å². The molecule has 1 aliphatic rings. The Balaban J connectivity index is 1.84. The Labute approximate surface area is 115 Å². The Morgan fingerprint density at radius 3 is 2.56 bits per heavy atom. The number of halogens is 1. The monoisotopic (exact) mass is 266 g/mol. The molecule has 1 heterocycles. The van der Waals surface area contributed by atoms with Crippen molar-refractivity contribution in [3.63, 3.8) is 0 Å². The van der Waals surface area contributed by atoms with Crippen LogP contribution in [0.2, 0.25) is 5.02 Å². The second kappa shape index (κ2) is 6.05. The van der Waals surface area contributed by atoms with Crippen LogP contribution in [0.5, 0.6) is 0 Å². The molecule has 0 amide bonds. The average molecular weight is 267 g/mol. The van der Waals surface area contributed by atoms with Crippen LogP contribution < -0.4 is 5.73 Å². The number of hydrogen-bond donors (Lipinski definition) is 1. The third-order valence-corrected chi connectivity index (χ3v) is 4.19. The standard InChI is InChI=1S/C15H23ClN2/c1-11-9-12(2)18(10-11)8-7-15(17)13-3-5-14(16)6-4-13/h3-6,11-12,15H,7-10,17H2,1-2H3. The van der Waals surface area contributed by atoms with Gasteiger partial charge in [0.05, 0.1) is 0 Å². The van der Waals surface area contributed by atoms with Gasteiger partial charge in [0.1, 0.15) is 0 Å². The summed E-state index contributed by atoms with van der Waals surface area (Å²) in [5, 5.41) is 0.771. The van der Waals surface area contributed by atoms with E-state index in [4.69, 9.17) is 17.3 Å². The molecule has 3 heteroatoms. The van der Waals surface area contributed by atoms with E-state index in [0.29, 0.717) is 6.04 Å². The smallest absolute Gasteiger partial charge is 0.0406 e. The van der Waals surface area contributed by atoms with Crippen molar-refractivity contribution in [1.82, 2.24) is 4.90 Å². The van der Waals surface area contributed by atoms with Gasteiger partial charge in [0.25, 0.3) is 0 Å². The third kappa shape index (κ3) is 3.47. The molecule has 18 heavy (non-hydrogen) atoms. The van der Waals surface area contributed by atoms with E-state index in [0.717, 1.165) is 23.9 Å². The Bertz CT molecular complexity index is 377. The molecule has 1 aliphatic heterocycles. The fourth-order valence-corrected chi connectivity index (χ4v) is 3.01. The first-order valence-corrected chi connectivity index (χ1v) is 7.19. The summed E-state index contributed by atoms with van der Waals surface area (Å²) in [6, 6.07) is 8.71. The van der Waals surface area contributed by atoms with Crippen molar-refractivity contribution in [2.24, 2.45) is 11.7 Å². The molecule has 0 saturated carbocycles. The highest BCUT2D eigenvalue weighted by Crippen LogP contribution is 2.24. The van der Waals surface area contributed by atoms with Crippen molar-refractivity contribution < 1.29 is 0 Å². The van der Waals surface area contributed by atoms with Crippen molar-refractivity contribution in [2.75, 3.05) is 13.1 Å². The highest BCUT2D eigenvalue weighted by Gasteiger charge is 2.25. The molecular weight excluding hydrogens is 244 g/mol. The summed E-state index contributed by atoms with van der Waals surface area (Å²) in [6.45, 7) is 6.96. The molecule has 1 aromatic carbocycles. The van der Waals surface area contributed by atoms with E-state index in [1.165, 1.54) is 18.5 Å². The summed E-state index contributed by atoms with van der Waals surface area (Å²) in [5.41, 5.74) is 7.41. The van der Waals surface area contributed by atoms with Crippen molar-refractivity contribution in [1.29, 1.82) is 0 Å². The third-order valence-electron chi connectivity index (χ3n) is 3.94. The molecule has 3 atom stereocenters. The molecule has 0 spiro atoms. The van der Waals surface area contributed by atoms with E-state index >= 15 is 0 Å². The SMILES string of the molecule is CC1CC(C)N(CCC(N)c2ccc(Cl)cc2)C1. The van der Waals surface area contributed by atoms with Crippen LogP contribution in [0.4, 0.5) is 0 Å². The van der Waals surface area contributed by atoms with Crippen LogP contribution in [0.3, 0.4) is 0 Å². The molecule has 3 unspecified atom stereocenters. The zero-order chi connectivity index (χ0) is 13.1. The predicted molar refractivity (Wildman–Crippen MR) is 77.8 cm³/mol. The van der Waals surface area contributed by atoms with Gasteiger partial charge in [-0.25, -0.2) is 0 Å². The lowest BCUT2D eigenvalue weighted by molar-refractivity contribution is 0.255. The van der Waals surface area contributed by atoms with Crippen molar-refractivity contribution in [3.8, 4) is 0 Å². The maximum atomic E-state index is 6.23. The van der Waals surface area contributed by atoms with Gasteiger partial charge in [0.2, 0.25) is 0 Å². The van der Waals surface area contributed by atoms with Crippen molar-refractivity contribution >= 4 is 11.6 Å². The predicted octanol–water partition coefficient (Wildman–Crippen LogP) is 3.46. The topological polar surface area (TPSA) is 29.3 Å². The van der Waals surface area contributed by atoms with Gasteiger partial charge in [-0.05, 0) is 43.4 Å². The Kier molecular flexibility index (Phi) is 4.66. The maximum absolute atomic E-state index is 6.23. The van der Waals surface area contributed by atoms with Crippen LogP contribution in [0.25, 0.3) is 0 Å². The molecule has 0 bridgehead atoms. The van der Waals surface area contributed by atoms with E-state index in [1.807, 2.05) is 24.3 Å². The number of nitrogens with two attached hydrogens (primary N) is 1. The second-order valence-corrected chi connectivity index (χ2v) is 6.07. The molecule has 0 aromatic heterocycles. The lowest BCUT2D eigenvalue weighted by Gasteiger charge is -2.23. The Hall–Kier alpha value is -0.570. The summed E-state index contributed by atoms with van der Waals surface area (Å²) >= 11 is 5.88. The van der Waals surface area contributed by atoms with E-state index in [2.05, 4.69) is 18.7 Å². The Morgan fingerprint density at radius 2 is 2.00 bits per heavy atom. The van der Waals surface area contributed by atoms with Gasteiger partial charge in [-0.2, -0.15) is 0 Å². The lowest BCUT2D eigenvalue weighted by atomic mass is 10.0. The van der Waals surface area contributed by atoms with Crippen LogP contribution in [0.15, 0.2) is 24.3 Å². The first-order chi connectivity index (χ1) is 8.56. The van der Waals surface area contributed by atoms with Crippen LogP contribution in [-0.2, 0) is 0 Å². The number of likely N-dealkylation sites (tertiary alicyclic amines) is 1. The van der Waals surface area contributed by atoms with Gasteiger partial charge >= 0.3 is 0 Å². The van der Waals surface area contributed by atoms with Gasteiger partial charge in [-0.3, -0.25) is 0 Å². The molecule has 0 aliphatic carbocycles. The van der Waals surface area contributed by atoms with Gasteiger partial charge in [-0.15, -0.1) is 0 Å². The fourth-order valence-electron chi connectivity index (χ4n) is 2.88. The zero-order valence-electron chi connectivity index (χ0n) is 11.3. The molecular formula is C15H23ClN2. The van der Waals surface area contributed by atoms with Gasteiger partial charge in [0, 0.05) is 30.2 Å². The number of hydrogen-bond acceptors (Lipinski definition) is 2. The first-order valence-electron chi connectivity index (χ1n) is 6.81. The van der Waals surface area contributed by atoms with Gasteiger partial charge in [0.15, 0.2) is 0 Å². The van der Waals surface area contributed by atoms with Gasteiger partial charge < -0.3 is 10.6 Å². The highest BCUT2D eigenvalue weighted by atomic mass is 35.5. The van der Waals surface area contributed by atoms with E-state index in [-0.39, 0.29) is 6.04 Å². The number of benzene rings is 1. The number of rotatable bonds is 4. The van der Waals surface area contributed by atoms with Crippen LogP contribution in [0, 0.1) is 5.92 Å².